The molecule has 2 amide bonds. The Kier molecular flexibility index (Phi) is 7.15. The Morgan fingerprint density at radius 3 is 2.11 bits per heavy atom. The summed E-state index contributed by atoms with van der Waals surface area (Å²) in [4.78, 5) is 25.2. The highest BCUT2D eigenvalue weighted by molar-refractivity contribution is 6.05. The van der Waals surface area contributed by atoms with Crippen LogP contribution in [-0.2, 0) is 5.41 Å². The van der Waals surface area contributed by atoms with Gasteiger partial charge in [-0.1, -0.05) is 63.2 Å². The monoisotopic (exact) mass is 479 g/mol. The molecule has 6 heteroatoms. The minimum atomic E-state index is -0.360. The van der Waals surface area contributed by atoms with Crippen LogP contribution >= 0.6 is 0 Å². The van der Waals surface area contributed by atoms with Crippen LogP contribution in [0.1, 0.15) is 52.6 Å². The van der Waals surface area contributed by atoms with E-state index in [1.165, 1.54) is 0 Å². The van der Waals surface area contributed by atoms with Gasteiger partial charge in [0.2, 0.25) is 0 Å². The van der Waals surface area contributed by atoms with Crippen molar-refractivity contribution in [3.8, 4) is 5.75 Å². The van der Waals surface area contributed by atoms with Crippen LogP contribution in [0.25, 0.3) is 10.8 Å². The average Bonchev–Trinajstić information content (AvgIpc) is 2.88. The second-order valence-electron chi connectivity index (χ2n) is 9.46. The van der Waals surface area contributed by atoms with Crippen LogP contribution in [0.3, 0.4) is 0 Å². The molecule has 0 fully saturated rings. The number of hydrogen-bond acceptors (Lipinski definition) is 4. The second-order valence-corrected chi connectivity index (χ2v) is 9.46. The smallest absolute Gasteiger partial charge is 0.271 e. The van der Waals surface area contributed by atoms with Crippen LogP contribution in [-0.4, -0.2) is 25.1 Å². The summed E-state index contributed by atoms with van der Waals surface area (Å²) >= 11 is 0. The molecule has 4 aromatic rings. The second kappa shape index (κ2) is 10.4. The minimum absolute atomic E-state index is 0.0242. The fraction of sp³-hybridized carbons (Fsp3) is 0.167. The van der Waals surface area contributed by atoms with Gasteiger partial charge in [-0.05, 0) is 64.2 Å². The number of carbonyl (C=O) groups is 2. The summed E-state index contributed by atoms with van der Waals surface area (Å²) in [5.41, 5.74) is 6.11. The molecule has 0 saturated heterocycles. The number of fused-ring (bicyclic) bond motifs is 1. The predicted molar refractivity (Wildman–Crippen MR) is 145 cm³/mol. The van der Waals surface area contributed by atoms with E-state index in [1.807, 2.05) is 60.7 Å². The Morgan fingerprint density at radius 2 is 1.44 bits per heavy atom. The number of anilines is 1. The first kappa shape index (κ1) is 24.7. The number of benzene rings is 4. The Hall–Kier alpha value is -4.45. The van der Waals surface area contributed by atoms with Crippen LogP contribution in [0.15, 0.2) is 90.0 Å². The van der Waals surface area contributed by atoms with Gasteiger partial charge >= 0.3 is 0 Å². The van der Waals surface area contributed by atoms with Gasteiger partial charge in [-0.15, -0.1) is 0 Å². The van der Waals surface area contributed by atoms with Gasteiger partial charge in [-0.2, -0.15) is 5.10 Å². The molecule has 0 aromatic heterocycles. The zero-order valence-electron chi connectivity index (χ0n) is 20.8. The Morgan fingerprint density at radius 1 is 0.806 bits per heavy atom. The molecule has 0 aliphatic heterocycles. The molecule has 0 spiro atoms. The maximum absolute atomic E-state index is 12.6. The molecule has 0 aliphatic rings. The molecule has 0 heterocycles. The first-order valence-corrected chi connectivity index (χ1v) is 11.7. The van der Waals surface area contributed by atoms with Crippen LogP contribution in [0.2, 0.25) is 0 Å². The molecular formula is C30H29N3O3. The number of methoxy groups -OCH3 is 1. The van der Waals surface area contributed by atoms with Crippen molar-refractivity contribution in [2.45, 2.75) is 26.2 Å². The van der Waals surface area contributed by atoms with Gasteiger partial charge in [-0.25, -0.2) is 5.43 Å². The SMILES string of the molecule is COc1ccc2ccccc2c1C=NNC(=O)c1ccc(NC(=O)c2ccc(C(C)(C)C)cc2)cc1. The third kappa shape index (κ3) is 5.61. The van der Waals surface area contributed by atoms with E-state index in [1.54, 1.807) is 37.6 Å². The predicted octanol–water partition coefficient (Wildman–Crippen LogP) is 6.16. The fourth-order valence-corrected chi connectivity index (χ4v) is 3.84. The van der Waals surface area contributed by atoms with Crippen LogP contribution < -0.4 is 15.5 Å². The largest absolute Gasteiger partial charge is 0.496 e. The molecular weight excluding hydrogens is 450 g/mol. The molecule has 0 saturated carbocycles. The van der Waals surface area contributed by atoms with E-state index in [0.29, 0.717) is 22.6 Å². The number of nitrogens with zero attached hydrogens (tertiary/aromatic N) is 1. The van der Waals surface area contributed by atoms with Crippen molar-refractivity contribution in [2.75, 3.05) is 12.4 Å². The number of nitrogens with one attached hydrogen (secondary N) is 2. The third-order valence-corrected chi connectivity index (χ3v) is 5.93. The molecule has 4 rings (SSSR count). The van der Waals surface area contributed by atoms with Crippen molar-refractivity contribution in [3.63, 3.8) is 0 Å². The highest BCUT2D eigenvalue weighted by atomic mass is 16.5. The summed E-state index contributed by atoms with van der Waals surface area (Å²) in [5.74, 6) is 0.0993. The molecule has 0 bridgehead atoms. The zero-order valence-corrected chi connectivity index (χ0v) is 20.8. The summed E-state index contributed by atoms with van der Waals surface area (Å²) in [7, 11) is 1.60. The van der Waals surface area contributed by atoms with Gasteiger partial charge in [-0.3, -0.25) is 9.59 Å². The summed E-state index contributed by atoms with van der Waals surface area (Å²) in [6.45, 7) is 6.39. The summed E-state index contributed by atoms with van der Waals surface area (Å²) in [5, 5.41) is 9.02. The quantitative estimate of drug-likeness (QED) is 0.257. The van der Waals surface area contributed by atoms with E-state index >= 15 is 0 Å². The van der Waals surface area contributed by atoms with Crippen molar-refractivity contribution in [1.29, 1.82) is 0 Å². The lowest BCUT2D eigenvalue weighted by molar-refractivity contribution is 0.0954. The van der Waals surface area contributed by atoms with Crippen molar-refractivity contribution in [3.05, 3.63) is 107 Å². The van der Waals surface area contributed by atoms with Gasteiger partial charge in [0.15, 0.2) is 0 Å². The lowest BCUT2D eigenvalue weighted by Crippen LogP contribution is -2.18. The maximum Gasteiger partial charge on any atom is 0.271 e. The fourth-order valence-electron chi connectivity index (χ4n) is 3.84. The third-order valence-electron chi connectivity index (χ3n) is 5.93. The zero-order chi connectivity index (χ0) is 25.7. The summed E-state index contributed by atoms with van der Waals surface area (Å²) in [6.07, 6.45) is 1.58. The molecule has 4 aromatic carbocycles. The number of amides is 2. The average molecular weight is 480 g/mol. The molecule has 2 N–H and O–H groups in total. The Bertz CT molecular complexity index is 1420. The first-order chi connectivity index (χ1) is 17.3. The number of hydrogen-bond donors (Lipinski definition) is 2. The standard InChI is InChI=1S/C30H29N3O3/c1-30(2,3)23-14-9-21(10-15-23)28(34)32-24-16-11-22(12-17-24)29(35)33-31-19-26-25-8-6-5-7-20(25)13-18-27(26)36-4/h5-19H,1-4H3,(H,32,34)(H,33,35). The lowest BCUT2D eigenvalue weighted by atomic mass is 9.87. The van der Waals surface area contributed by atoms with E-state index in [-0.39, 0.29) is 17.2 Å². The maximum atomic E-state index is 12.6. The van der Waals surface area contributed by atoms with Crippen LogP contribution in [0, 0.1) is 0 Å². The molecule has 0 radical (unpaired) electrons. The number of ether oxygens (including phenoxy) is 1. The summed E-state index contributed by atoms with van der Waals surface area (Å²) < 4.78 is 5.45. The first-order valence-electron chi connectivity index (χ1n) is 11.7. The van der Waals surface area contributed by atoms with Gasteiger partial charge in [0.1, 0.15) is 5.75 Å². The highest BCUT2D eigenvalue weighted by Gasteiger charge is 2.14. The van der Waals surface area contributed by atoms with E-state index in [9.17, 15) is 9.59 Å². The van der Waals surface area contributed by atoms with E-state index < -0.39 is 0 Å². The number of carbonyl (C=O) groups excluding carboxylic acids is 2. The van der Waals surface area contributed by atoms with E-state index in [4.69, 9.17) is 4.74 Å². The van der Waals surface area contributed by atoms with Crippen molar-refractivity contribution >= 4 is 34.5 Å². The van der Waals surface area contributed by atoms with Crippen LogP contribution in [0.5, 0.6) is 5.75 Å². The molecule has 0 unspecified atom stereocenters. The van der Waals surface area contributed by atoms with E-state index in [0.717, 1.165) is 21.9 Å². The number of rotatable bonds is 6. The molecule has 0 aliphatic carbocycles. The van der Waals surface area contributed by atoms with Gasteiger partial charge in [0.25, 0.3) is 11.8 Å². The topological polar surface area (TPSA) is 79.8 Å². The number of hydrazone groups is 1. The lowest BCUT2D eigenvalue weighted by Gasteiger charge is -2.19. The Balaban J connectivity index is 1.40. The van der Waals surface area contributed by atoms with E-state index in [2.05, 4.69) is 36.6 Å². The van der Waals surface area contributed by atoms with Crippen molar-refractivity contribution in [1.82, 2.24) is 5.43 Å². The van der Waals surface area contributed by atoms with Crippen molar-refractivity contribution < 1.29 is 14.3 Å². The highest BCUT2D eigenvalue weighted by Crippen LogP contribution is 2.26. The minimum Gasteiger partial charge on any atom is -0.496 e. The Labute approximate surface area is 211 Å². The van der Waals surface area contributed by atoms with Crippen LogP contribution in [0.4, 0.5) is 5.69 Å². The van der Waals surface area contributed by atoms with Gasteiger partial charge < -0.3 is 10.1 Å². The molecule has 6 nitrogen and oxygen atoms in total. The molecule has 0 atom stereocenters. The van der Waals surface area contributed by atoms with Gasteiger partial charge in [0, 0.05) is 22.4 Å². The van der Waals surface area contributed by atoms with Gasteiger partial charge in [0.05, 0.1) is 13.3 Å². The normalized spacial score (nSPS) is 11.4. The summed E-state index contributed by atoms with van der Waals surface area (Å²) in [6, 6.07) is 26.0. The van der Waals surface area contributed by atoms with Crippen molar-refractivity contribution in [2.24, 2.45) is 5.10 Å². The molecule has 36 heavy (non-hydrogen) atoms. The molecule has 182 valence electrons.